The predicted molar refractivity (Wildman–Crippen MR) is 74.6 cm³/mol. The molecule has 1 aromatic heterocycles. The number of aryl methyl sites for hydroxylation is 1. The number of phenolic OH excluding ortho intramolecular Hbond substituents is 1. The first-order valence-electron chi connectivity index (χ1n) is 5.80. The van der Waals surface area contributed by atoms with Crippen molar-refractivity contribution >= 4 is 10.8 Å². The molecule has 0 aliphatic heterocycles. The van der Waals surface area contributed by atoms with Crippen LogP contribution in [0.2, 0.25) is 0 Å². The molecule has 2 heteroatoms. The quantitative estimate of drug-likeness (QED) is 0.642. The van der Waals surface area contributed by atoms with Crippen LogP contribution in [0.1, 0.15) is 5.56 Å². The molecule has 1 N–H and O–H groups in total. The molecule has 0 saturated carbocycles. The van der Waals surface area contributed by atoms with Crippen molar-refractivity contribution in [1.29, 1.82) is 0 Å². The fraction of sp³-hybridized carbons (Fsp3) is 0.0625. The summed E-state index contributed by atoms with van der Waals surface area (Å²) in [5.74, 6) is 0.338. The zero-order valence-corrected chi connectivity index (χ0v) is 10.2. The first-order valence-corrected chi connectivity index (χ1v) is 5.80. The highest BCUT2D eigenvalue weighted by Gasteiger charge is 1.86. The van der Waals surface area contributed by atoms with Crippen molar-refractivity contribution in [3.05, 3.63) is 72.6 Å². The van der Waals surface area contributed by atoms with Crippen molar-refractivity contribution in [2.45, 2.75) is 6.92 Å². The topological polar surface area (TPSA) is 33.1 Å². The molecule has 2 aromatic carbocycles. The molecule has 1 heterocycles. The second-order valence-electron chi connectivity index (χ2n) is 4.06. The van der Waals surface area contributed by atoms with Crippen LogP contribution in [0.5, 0.6) is 5.75 Å². The van der Waals surface area contributed by atoms with Crippen molar-refractivity contribution in [1.82, 2.24) is 4.98 Å². The number of benzene rings is 2. The van der Waals surface area contributed by atoms with E-state index in [4.69, 9.17) is 5.11 Å². The summed E-state index contributed by atoms with van der Waals surface area (Å²) >= 11 is 0. The minimum atomic E-state index is 0.338. The van der Waals surface area contributed by atoms with Crippen LogP contribution in [0.3, 0.4) is 0 Å². The molecule has 2 nitrogen and oxygen atoms in total. The average Bonchev–Trinajstić information content (AvgIpc) is 2.39. The van der Waals surface area contributed by atoms with Gasteiger partial charge in [-0.15, -0.1) is 0 Å². The van der Waals surface area contributed by atoms with Gasteiger partial charge in [0.05, 0.1) is 0 Å². The zero-order valence-electron chi connectivity index (χ0n) is 10.2. The Morgan fingerprint density at radius 1 is 0.889 bits per heavy atom. The van der Waals surface area contributed by atoms with E-state index in [1.165, 1.54) is 10.8 Å². The van der Waals surface area contributed by atoms with Gasteiger partial charge in [0.15, 0.2) is 0 Å². The summed E-state index contributed by atoms with van der Waals surface area (Å²) in [5, 5.41) is 11.3. The first-order chi connectivity index (χ1) is 8.75. The van der Waals surface area contributed by atoms with E-state index >= 15 is 0 Å². The molecule has 0 spiro atoms. The van der Waals surface area contributed by atoms with Crippen molar-refractivity contribution in [2.75, 3.05) is 0 Å². The van der Waals surface area contributed by atoms with Crippen molar-refractivity contribution in [3.8, 4) is 5.75 Å². The van der Waals surface area contributed by atoms with Gasteiger partial charge in [-0.05, 0) is 41.5 Å². The lowest BCUT2D eigenvalue weighted by Crippen LogP contribution is -1.71. The normalized spacial score (nSPS) is 9.61. The predicted octanol–water partition coefficient (Wildman–Crippen LogP) is 3.94. The van der Waals surface area contributed by atoms with Gasteiger partial charge in [-0.1, -0.05) is 36.4 Å². The van der Waals surface area contributed by atoms with Crippen molar-refractivity contribution < 1.29 is 5.11 Å². The molecular weight excluding hydrogens is 222 g/mol. The Hall–Kier alpha value is -2.35. The van der Waals surface area contributed by atoms with Crippen LogP contribution < -0.4 is 0 Å². The van der Waals surface area contributed by atoms with Crippen LogP contribution in [-0.4, -0.2) is 10.1 Å². The number of fused-ring (bicyclic) bond motifs is 1. The number of phenols is 1. The third kappa shape index (κ3) is 3.32. The van der Waals surface area contributed by atoms with Gasteiger partial charge in [-0.2, -0.15) is 0 Å². The van der Waals surface area contributed by atoms with Gasteiger partial charge >= 0.3 is 0 Å². The minimum Gasteiger partial charge on any atom is -0.508 e. The lowest BCUT2D eigenvalue weighted by atomic mass is 10.2. The molecule has 3 rings (SSSR count). The number of aromatic hydroxyl groups is 1. The van der Waals surface area contributed by atoms with E-state index in [1.54, 1.807) is 12.1 Å². The van der Waals surface area contributed by atoms with Crippen LogP contribution in [0.15, 0.2) is 67.0 Å². The van der Waals surface area contributed by atoms with Crippen LogP contribution in [0.4, 0.5) is 0 Å². The molecule has 0 bridgehead atoms. The van der Waals surface area contributed by atoms with Crippen LogP contribution in [0.25, 0.3) is 10.8 Å². The number of pyridine rings is 1. The Morgan fingerprint density at radius 3 is 2.28 bits per heavy atom. The Kier molecular flexibility index (Phi) is 3.92. The number of rotatable bonds is 0. The molecule has 90 valence electrons. The Morgan fingerprint density at radius 2 is 1.67 bits per heavy atom. The van der Waals surface area contributed by atoms with E-state index in [1.807, 2.05) is 49.6 Å². The molecule has 0 radical (unpaired) electrons. The van der Waals surface area contributed by atoms with E-state index in [2.05, 4.69) is 17.1 Å². The summed E-state index contributed by atoms with van der Waals surface area (Å²) in [7, 11) is 0. The lowest BCUT2D eigenvalue weighted by molar-refractivity contribution is 0.475. The SMILES string of the molecule is Cc1cccc(O)c1.c1ccc2cnccc2c1. The number of nitrogens with zero attached hydrogens (tertiary/aromatic N) is 1. The summed E-state index contributed by atoms with van der Waals surface area (Å²) in [6.45, 7) is 1.94. The van der Waals surface area contributed by atoms with Crippen molar-refractivity contribution in [3.63, 3.8) is 0 Å². The average molecular weight is 237 g/mol. The Bertz CT molecular complexity index is 552. The summed E-state index contributed by atoms with van der Waals surface area (Å²) in [6.07, 6.45) is 3.68. The first kappa shape index (κ1) is 12.1. The molecule has 18 heavy (non-hydrogen) atoms. The van der Waals surface area contributed by atoms with Gasteiger partial charge in [0.1, 0.15) is 5.75 Å². The molecule has 0 aliphatic rings. The molecule has 0 fully saturated rings. The third-order valence-corrected chi connectivity index (χ3v) is 2.55. The van der Waals surface area contributed by atoms with E-state index in [-0.39, 0.29) is 0 Å². The van der Waals surface area contributed by atoms with E-state index in [0.717, 1.165) is 5.56 Å². The number of hydrogen-bond donors (Lipinski definition) is 1. The standard InChI is InChI=1S/C9H7N.C7H8O/c1-2-4-9-7-10-6-5-8(9)3-1;1-6-3-2-4-7(8)5-6/h1-7H;2-5,8H,1H3. The molecule has 3 aromatic rings. The highest BCUT2D eigenvalue weighted by molar-refractivity contribution is 5.80. The summed E-state index contributed by atoms with van der Waals surface area (Å²) in [4.78, 5) is 4.01. The molecule has 0 saturated heterocycles. The highest BCUT2D eigenvalue weighted by atomic mass is 16.3. The second kappa shape index (κ2) is 5.82. The summed E-state index contributed by atoms with van der Waals surface area (Å²) in [5.41, 5.74) is 1.09. The minimum absolute atomic E-state index is 0.338. The van der Waals surface area contributed by atoms with Gasteiger partial charge in [0.25, 0.3) is 0 Å². The molecule has 0 unspecified atom stereocenters. The van der Waals surface area contributed by atoms with Gasteiger partial charge in [0.2, 0.25) is 0 Å². The van der Waals surface area contributed by atoms with Crippen LogP contribution >= 0.6 is 0 Å². The number of aromatic nitrogens is 1. The Labute approximate surface area is 107 Å². The van der Waals surface area contributed by atoms with Gasteiger partial charge in [-0.25, -0.2) is 0 Å². The maximum Gasteiger partial charge on any atom is 0.115 e. The van der Waals surface area contributed by atoms with Crippen LogP contribution in [-0.2, 0) is 0 Å². The fourth-order valence-electron chi connectivity index (χ4n) is 1.65. The summed E-state index contributed by atoms with van der Waals surface area (Å²) in [6, 6.07) is 17.3. The molecule has 0 atom stereocenters. The monoisotopic (exact) mass is 237 g/mol. The van der Waals surface area contributed by atoms with Gasteiger partial charge in [0, 0.05) is 12.4 Å². The maximum atomic E-state index is 8.81. The molecular formula is C16H15NO. The summed E-state index contributed by atoms with van der Waals surface area (Å²) < 4.78 is 0. The van der Waals surface area contributed by atoms with E-state index in [0.29, 0.717) is 5.75 Å². The highest BCUT2D eigenvalue weighted by Crippen LogP contribution is 2.09. The fourth-order valence-corrected chi connectivity index (χ4v) is 1.65. The van der Waals surface area contributed by atoms with E-state index < -0.39 is 0 Å². The third-order valence-electron chi connectivity index (χ3n) is 2.55. The maximum absolute atomic E-state index is 8.81. The van der Waals surface area contributed by atoms with E-state index in [9.17, 15) is 0 Å². The van der Waals surface area contributed by atoms with Gasteiger partial charge in [-0.3, -0.25) is 4.98 Å². The molecule has 0 aliphatic carbocycles. The second-order valence-corrected chi connectivity index (χ2v) is 4.06. The molecule has 0 amide bonds. The van der Waals surface area contributed by atoms with Crippen LogP contribution in [0, 0.1) is 6.92 Å². The zero-order chi connectivity index (χ0) is 12.8. The van der Waals surface area contributed by atoms with Crippen molar-refractivity contribution in [2.24, 2.45) is 0 Å². The number of hydrogen-bond acceptors (Lipinski definition) is 2. The smallest absolute Gasteiger partial charge is 0.115 e. The van der Waals surface area contributed by atoms with Gasteiger partial charge < -0.3 is 5.11 Å². The lowest BCUT2D eigenvalue weighted by Gasteiger charge is -1.91. The largest absolute Gasteiger partial charge is 0.508 e. The Balaban J connectivity index is 0.000000138.